The summed E-state index contributed by atoms with van der Waals surface area (Å²) in [6.07, 6.45) is 0. The highest BCUT2D eigenvalue weighted by Crippen LogP contribution is 2.20. The first kappa shape index (κ1) is 16.4. The largest absolute Gasteiger partial charge is 0.744 e. The Morgan fingerprint density at radius 3 is 2.28 bits per heavy atom. The van der Waals surface area contributed by atoms with Gasteiger partial charge in [0.25, 0.3) is 5.69 Å². The Morgan fingerprint density at radius 1 is 1.44 bits per heavy atom. The molecule has 0 bridgehead atoms. The zero-order valence-electron chi connectivity index (χ0n) is 9.70. The molecule has 0 aliphatic carbocycles. The van der Waals surface area contributed by atoms with E-state index < -0.39 is 25.6 Å². The van der Waals surface area contributed by atoms with Gasteiger partial charge in [-0.05, 0) is 12.5 Å². The second-order valence-electron chi connectivity index (χ2n) is 3.24. The van der Waals surface area contributed by atoms with Crippen molar-refractivity contribution in [3.05, 3.63) is 33.9 Å². The SMILES string of the molecule is Cc1ccc([N+](=O)[O-])cc1S(=O)(=O)[O-].[NH3+]CCO. The van der Waals surface area contributed by atoms with Gasteiger partial charge in [-0.3, -0.25) is 10.1 Å². The van der Waals surface area contributed by atoms with Gasteiger partial charge in [0.2, 0.25) is 0 Å². The third kappa shape index (κ3) is 5.19. The van der Waals surface area contributed by atoms with Gasteiger partial charge in [0, 0.05) is 12.1 Å². The minimum Gasteiger partial charge on any atom is -0.744 e. The first-order valence-corrected chi connectivity index (χ1v) is 6.26. The molecule has 4 N–H and O–H groups in total. The van der Waals surface area contributed by atoms with Crippen molar-refractivity contribution in [1.29, 1.82) is 0 Å². The van der Waals surface area contributed by atoms with Crippen molar-refractivity contribution in [3.63, 3.8) is 0 Å². The summed E-state index contributed by atoms with van der Waals surface area (Å²) in [4.78, 5) is 8.99. The molecule has 0 aliphatic rings. The van der Waals surface area contributed by atoms with Gasteiger partial charge in [0.15, 0.2) is 0 Å². The summed E-state index contributed by atoms with van der Waals surface area (Å²) in [7, 11) is -4.64. The van der Waals surface area contributed by atoms with Crippen molar-refractivity contribution in [2.75, 3.05) is 13.2 Å². The predicted molar refractivity (Wildman–Crippen MR) is 60.6 cm³/mol. The van der Waals surface area contributed by atoms with Gasteiger partial charge >= 0.3 is 0 Å². The molecule has 0 saturated carbocycles. The maximum absolute atomic E-state index is 10.7. The van der Waals surface area contributed by atoms with E-state index >= 15 is 0 Å². The second kappa shape index (κ2) is 7.01. The molecule has 0 amide bonds. The number of hydrogen-bond donors (Lipinski definition) is 2. The Balaban J connectivity index is 0.000000631. The maximum Gasteiger partial charge on any atom is 0.270 e. The van der Waals surface area contributed by atoms with Crippen molar-refractivity contribution >= 4 is 15.8 Å². The van der Waals surface area contributed by atoms with Crippen LogP contribution in [0.15, 0.2) is 23.1 Å². The molecule has 0 atom stereocenters. The van der Waals surface area contributed by atoms with Crippen LogP contribution in [0, 0.1) is 17.0 Å². The van der Waals surface area contributed by atoms with E-state index in [0.29, 0.717) is 6.54 Å². The summed E-state index contributed by atoms with van der Waals surface area (Å²) < 4.78 is 32.0. The number of hydrogen-bond acceptors (Lipinski definition) is 6. The Kier molecular flexibility index (Phi) is 6.41. The fraction of sp³-hybridized carbons (Fsp3) is 0.333. The van der Waals surface area contributed by atoms with Crippen LogP contribution < -0.4 is 5.73 Å². The predicted octanol–water partition coefficient (Wildman–Crippen LogP) is -0.972. The number of benzene rings is 1. The highest BCUT2D eigenvalue weighted by atomic mass is 32.2. The molecule has 8 nitrogen and oxygen atoms in total. The third-order valence-electron chi connectivity index (χ3n) is 1.81. The highest BCUT2D eigenvalue weighted by Gasteiger charge is 2.12. The van der Waals surface area contributed by atoms with Crippen molar-refractivity contribution in [1.82, 2.24) is 0 Å². The normalized spacial score (nSPS) is 10.4. The molecule has 9 heteroatoms. The minimum absolute atomic E-state index is 0.200. The van der Waals surface area contributed by atoms with Gasteiger partial charge < -0.3 is 15.4 Å². The lowest BCUT2D eigenvalue weighted by Crippen LogP contribution is -2.51. The van der Waals surface area contributed by atoms with Crippen LogP contribution >= 0.6 is 0 Å². The van der Waals surface area contributed by atoms with Crippen LogP contribution in [0.2, 0.25) is 0 Å². The van der Waals surface area contributed by atoms with Crippen LogP contribution in [0.1, 0.15) is 5.56 Å². The number of nitro groups is 1. The average Bonchev–Trinajstić information content (AvgIpc) is 2.28. The number of aryl methyl sites for hydroxylation is 1. The van der Waals surface area contributed by atoms with Crippen LogP contribution in [0.5, 0.6) is 0 Å². The number of aliphatic hydroxyl groups is 1. The van der Waals surface area contributed by atoms with Crippen molar-refractivity contribution in [2.24, 2.45) is 0 Å². The van der Waals surface area contributed by atoms with E-state index in [2.05, 4.69) is 5.73 Å². The first-order chi connectivity index (χ1) is 8.23. The van der Waals surface area contributed by atoms with E-state index in [9.17, 15) is 23.1 Å². The topological polar surface area (TPSA) is 148 Å². The second-order valence-corrected chi connectivity index (χ2v) is 4.59. The van der Waals surface area contributed by atoms with Crippen LogP contribution in [0.3, 0.4) is 0 Å². The zero-order valence-corrected chi connectivity index (χ0v) is 10.5. The third-order valence-corrected chi connectivity index (χ3v) is 2.79. The molecule has 0 unspecified atom stereocenters. The monoisotopic (exact) mass is 278 g/mol. The van der Waals surface area contributed by atoms with Gasteiger partial charge in [-0.1, -0.05) is 6.07 Å². The molecular weight excluding hydrogens is 264 g/mol. The molecule has 1 aromatic rings. The summed E-state index contributed by atoms with van der Waals surface area (Å²) in [5.74, 6) is 0. The molecule has 0 saturated heterocycles. The van der Waals surface area contributed by atoms with Gasteiger partial charge in [-0.25, -0.2) is 8.42 Å². The van der Waals surface area contributed by atoms with Crippen LogP contribution in [0.25, 0.3) is 0 Å². The van der Waals surface area contributed by atoms with Gasteiger partial charge in [-0.2, -0.15) is 0 Å². The molecule has 0 radical (unpaired) electrons. The Morgan fingerprint density at radius 2 is 1.94 bits per heavy atom. The molecular formula is C9H14N2O6S. The lowest BCUT2D eigenvalue weighted by Gasteiger charge is -2.09. The number of rotatable bonds is 3. The first-order valence-electron chi connectivity index (χ1n) is 4.85. The van der Waals surface area contributed by atoms with E-state index in [1.54, 1.807) is 0 Å². The highest BCUT2D eigenvalue weighted by molar-refractivity contribution is 7.85. The van der Waals surface area contributed by atoms with Crippen molar-refractivity contribution in [3.8, 4) is 0 Å². The average molecular weight is 278 g/mol. The lowest BCUT2D eigenvalue weighted by molar-refractivity contribution is -0.385. The molecule has 18 heavy (non-hydrogen) atoms. The standard InChI is InChI=1S/C7H7NO5S.C2H7NO/c1-5-2-3-6(8(9)10)4-7(5)14(11,12)13;3-1-2-4/h2-4H,1H3,(H,11,12,13);4H,1-3H2. The summed E-state index contributed by atoms with van der Waals surface area (Å²) in [5.41, 5.74) is 3.14. The molecule has 102 valence electrons. The Bertz CT molecular complexity index is 512. The van der Waals surface area contributed by atoms with E-state index in [4.69, 9.17) is 5.11 Å². The fourth-order valence-corrected chi connectivity index (χ4v) is 1.70. The summed E-state index contributed by atoms with van der Waals surface area (Å²) in [6.45, 7) is 2.23. The number of nitro benzene ring substituents is 1. The van der Waals surface area contributed by atoms with Crippen LogP contribution in [-0.4, -0.2) is 36.2 Å². The number of nitrogens with zero attached hydrogens (tertiary/aromatic N) is 1. The smallest absolute Gasteiger partial charge is 0.270 e. The van der Waals surface area contributed by atoms with Crippen molar-refractivity contribution in [2.45, 2.75) is 11.8 Å². The van der Waals surface area contributed by atoms with Crippen LogP contribution in [0.4, 0.5) is 5.69 Å². The molecule has 0 spiro atoms. The maximum atomic E-state index is 10.7. The summed E-state index contributed by atoms with van der Waals surface area (Å²) in [6, 6.07) is 3.13. The molecule has 0 fully saturated rings. The van der Waals surface area contributed by atoms with Gasteiger partial charge in [-0.15, -0.1) is 0 Å². The summed E-state index contributed by atoms with van der Waals surface area (Å²) >= 11 is 0. The van der Waals surface area contributed by atoms with Gasteiger partial charge in [0.05, 0.1) is 23.0 Å². The zero-order chi connectivity index (χ0) is 14.3. The Hall–Kier alpha value is -1.55. The minimum atomic E-state index is -4.64. The fourth-order valence-electron chi connectivity index (χ4n) is 0.972. The lowest BCUT2D eigenvalue weighted by atomic mass is 10.2. The molecule has 1 aromatic carbocycles. The Labute approximate surface area is 104 Å². The molecule has 0 heterocycles. The number of quaternary nitrogens is 1. The number of aliphatic hydroxyl groups excluding tert-OH is 1. The van der Waals surface area contributed by atoms with E-state index in [1.165, 1.54) is 13.0 Å². The number of non-ortho nitro benzene ring substituents is 1. The van der Waals surface area contributed by atoms with E-state index in [1.807, 2.05) is 0 Å². The quantitative estimate of drug-likeness (QED) is 0.412. The molecule has 1 rings (SSSR count). The van der Waals surface area contributed by atoms with E-state index in [-0.39, 0.29) is 12.2 Å². The van der Waals surface area contributed by atoms with Crippen molar-refractivity contribution < 1.29 is 28.7 Å². The molecule has 0 aromatic heterocycles. The molecule has 0 aliphatic heterocycles. The van der Waals surface area contributed by atoms with Gasteiger partial charge in [0.1, 0.15) is 10.1 Å². The van der Waals surface area contributed by atoms with Crippen LogP contribution in [-0.2, 0) is 10.1 Å². The van der Waals surface area contributed by atoms with E-state index in [0.717, 1.165) is 12.1 Å². The summed E-state index contributed by atoms with van der Waals surface area (Å²) in [5, 5.41) is 18.1.